The number of rotatable bonds is 2. The predicted octanol–water partition coefficient (Wildman–Crippen LogP) is 7.55. The number of benzene rings is 6. The molecule has 7 aromatic rings. The summed E-state index contributed by atoms with van der Waals surface area (Å²) in [5, 5.41) is 7.36. The zero-order valence-electron chi connectivity index (χ0n) is 18.6. The van der Waals surface area contributed by atoms with Crippen molar-refractivity contribution < 1.29 is 0 Å². The Kier molecular flexibility index (Phi) is 4.16. The second-order valence-corrected chi connectivity index (χ2v) is 8.90. The van der Waals surface area contributed by atoms with Crippen LogP contribution >= 0.6 is 0 Å². The molecule has 0 saturated carbocycles. The van der Waals surface area contributed by atoms with Crippen LogP contribution in [0.5, 0.6) is 0 Å². The maximum atomic E-state index is 6.26. The molecule has 2 radical (unpaired) electrons. The molecule has 0 N–H and O–H groups in total. The normalized spacial score (nSPS) is 11.6. The summed E-state index contributed by atoms with van der Waals surface area (Å²) in [7, 11) is 6.26. The van der Waals surface area contributed by atoms with E-state index in [1.54, 1.807) is 0 Å². The molecule has 0 aliphatic heterocycles. The van der Waals surface area contributed by atoms with Gasteiger partial charge >= 0.3 is 0 Å². The number of aromatic nitrogens is 1. The molecule has 34 heavy (non-hydrogen) atoms. The van der Waals surface area contributed by atoms with Gasteiger partial charge in [-0.2, -0.15) is 0 Å². The minimum absolute atomic E-state index is 0.778. The molecule has 1 nitrogen and oxygen atoms in total. The van der Waals surface area contributed by atoms with Gasteiger partial charge in [-0.05, 0) is 57.6 Å². The zero-order chi connectivity index (χ0) is 22.6. The quantitative estimate of drug-likeness (QED) is 0.250. The van der Waals surface area contributed by atoms with Crippen molar-refractivity contribution in [1.29, 1.82) is 0 Å². The number of fused-ring (bicyclic) bond motifs is 5. The van der Waals surface area contributed by atoms with Crippen molar-refractivity contribution in [1.82, 2.24) is 4.57 Å². The van der Waals surface area contributed by atoms with Crippen LogP contribution in [0.15, 0.2) is 121 Å². The summed E-state index contributed by atoms with van der Waals surface area (Å²) in [4.78, 5) is 0. The Bertz CT molecular complexity index is 1870. The van der Waals surface area contributed by atoms with Gasteiger partial charge in [-0.15, -0.1) is 0 Å². The molecule has 0 aliphatic carbocycles. The molecular weight excluding hydrogens is 409 g/mol. The van der Waals surface area contributed by atoms with E-state index in [9.17, 15) is 0 Å². The highest BCUT2D eigenvalue weighted by Crippen LogP contribution is 2.36. The summed E-state index contributed by atoms with van der Waals surface area (Å²) in [6.07, 6.45) is 0. The molecule has 7 rings (SSSR count). The van der Waals surface area contributed by atoms with Crippen molar-refractivity contribution in [2.45, 2.75) is 0 Å². The van der Waals surface area contributed by atoms with Crippen molar-refractivity contribution in [2.75, 3.05) is 0 Å². The lowest BCUT2D eigenvalue weighted by Gasteiger charge is -2.12. The van der Waals surface area contributed by atoms with Gasteiger partial charge in [-0.3, -0.25) is 0 Å². The minimum atomic E-state index is 0.778. The van der Waals surface area contributed by atoms with E-state index >= 15 is 0 Å². The summed E-state index contributed by atoms with van der Waals surface area (Å²) in [6, 6.07) is 43.3. The van der Waals surface area contributed by atoms with Gasteiger partial charge in [-0.25, -0.2) is 0 Å². The average molecular weight is 429 g/mol. The van der Waals surface area contributed by atoms with Crippen molar-refractivity contribution in [2.24, 2.45) is 0 Å². The summed E-state index contributed by atoms with van der Waals surface area (Å²) in [5.41, 5.74) is 6.73. The summed E-state index contributed by atoms with van der Waals surface area (Å²) >= 11 is 0. The molecule has 0 saturated heterocycles. The maximum Gasteiger partial charge on any atom is 0.113 e. The van der Waals surface area contributed by atoms with Crippen LogP contribution in [-0.4, -0.2) is 12.4 Å². The molecule has 0 fully saturated rings. The molecule has 6 aromatic carbocycles. The molecule has 156 valence electrons. The van der Waals surface area contributed by atoms with Gasteiger partial charge in [-0.1, -0.05) is 96.5 Å². The van der Waals surface area contributed by atoms with Crippen LogP contribution in [0.3, 0.4) is 0 Å². The lowest BCUT2D eigenvalue weighted by atomic mass is 9.94. The molecule has 1 aromatic heterocycles. The van der Waals surface area contributed by atoms with Gasteiger partial charge in [0.05, 0.1) is 16.7 Å². The first-order valence-electron chi connectivity index (χ1n) is 11.6. The van der Waals surface area contributed by atoms with Gasteiger partial charge in [0.15, 0.2) is 0 Å². The summed E-state index contributed by atoms with van der Waals surface area (Å²) in [6.45, 7) is 0. The first kappa shape index (κ1) is 19.2. The third kappa shape index (κ3) is 2.89. The maximum absolute atomic E-state index is 6.26. The van der Waals surface area contributed by atoms with E-state index in [1.165, 1.54) is 54.6 Å². The van der Waals surface area contributed by atoms with Gasteiger partial charge in [0.1, 0.15) is 7.85 Å². The van der Waals surface area contributed by atoms with Crippen LogP contribution in [-0.2, 0) is 0 Å². The first-order valence-corrected chi connectivity index (χ1v) is 11.6. The number of hydrogen-bond donors (Lipinski definition) is 0. The average Bonchev–Trinajstić information content (AvgIpc) is 3.20. The second-order valence-electron chi connectivity index (χ2n) is 8.90. The highest BCUT2D eigenvalue weighted by molar-refractivity contribution is 6.34. The van der Waals surface area contributed by atoms with Crippen molar-refractivity contribution in [3.8, 4) is 16.8 Å². The van der Waals surface area contributed by atoms with Crippen LogP contribution in [0.1, 0.15) is 0 Å². The van der Waals surface area contributed by atoms with Gasteiger partial charge in [0.25, 0.3) is 0 Å². The third-order valence-corrected chi connectivity index (χ3v) is 6.88. The Morgan fingerprint density at radius 3 is 1.97 bits per heavy atom. The number of nitrogens with zero attached hydrogens (tertiary/aromatic N) is 1. The molecule has 0 aliphatic rings. The minimum Gasteiger partial charge on any atom is -0.309 e. The predicted molar refractivity (Wildman–Crippen MR) is 147 cm³/mol. The largest absolute Gasteiger partial charge is 0.309 e. The molecule has 1 heterocycles. The van der Waals surface area contributed by atoms with Gasteiger partial charge in [0.2, 0.25) is 0 Å². The lowest BCUT2D eigenvalue weighted by Crippen LogP contribution is -2.00. The van der Waals surface area contributed by atoms with Crippen LogP contribution < -0.4 is 5.46 Å². The molecule has 0 unspecified atom stereocenters. The standard InChI is InChI=1S/C32H20BN/c33-26-15-17-32-29(20-26)28-19-25(24-13-12-21-6-1-2-8-23(21)18-24)14-16-31(28)34(32)30-11-5-9-22-7-3-4-10-27(22)30/h1-20H. The SMILES string of the molecule is [B]c1ccc2c(c1)c1cc(-c3ccc4ccccc4c3)ccc1n2-c1cccc2ccccc12. The first-order chi connectivity index (χ1) is 16.8. The van der Waals surface area contributed by atoms with E-state index in [0.717, 1.165) is 11.0 Å². The monoisotopic (exact) mass is 429 g/mol. The Balaban J connectivity index is 1.54. The zero-order valence-corrected chi connectivity index (χ0v) is 18.6. The smallest absolute Gasteiger partial charge is 0.113 e. The van der Waals surface area contributed by atoms with E-state index in [1.807, 2.05) is 6.07 Å². The molecule has 0 spiro atoms. The second kappa shape index (κ2) is 7.36. The van der Waals surface area contributed by atoms with E-state index in [0.29, 0.717) is 0 Å². The van der Waals surface area contributed by atoms with E-state index in [-0.39, 0.29) is 0 Å². The Morgan fingerprint density at radius 2 is 1.09 bits per heavy atom. The summed E-state index contributed by atoms with van der Waals surface area (Å²) < 4.78 is 2.37. The van der Waals surface area contributed by atoms with Crippen molar-refractivity contribution in [3.05, 3.63) is 121 Å². The van der Waals surface area contributed by atoms with Crippen LogP contribution in [0, 0.1) is 0 Å². The molecule has 0 bridgehead atoms. The van der Waals surface area contributed by atoms with Crippen molar-refractivity contribution >= 4 is 56.7 Å². The van der Waals surface area contributed by atoms with Crippen LogP contribution in [0.2, 0.25) is 0 Å². The third-order valence-electron chi connectivity index (χ3n) is 6.88. The fourth-order valence-corrected chi connectivity index (χ4v) is 5.25. The molecule has 2 heteroatoms. The fraction of sp³-hybridized carbons (Fsp3) is 0. The van der Waals surface area contributed by atoms with Gasteiger partial charge < -0.3 is 4.57 Å². The Hall–Kier alpha value is -4.30. The Labute approximate surface area is 199 Å². The van der Waals surface area contributed by atoms with Crippen LogP contribution in [0.4, 0.5) is 0 Å². The molecule has 0 amide bonds. The van der Waals surface area contributed by atoms with E-state index in [2.05, 4.69) is 120 Å². The van der Waals surface area contributed by atoms with Crippen LogP contribution in [0.25, 0.3) is 60.2 Å². The molecular formula is C32H20BN. The molecule has 0 atom stereocenters. The van der Waals surface area contributed by atoms with Gasteiger partial charge in [0, 0.05) is 16.2 Å². The summed E-state index contributed by atoms with van der Waals surface area (Å²) in [5.74, 6) is 0. The fourth-order valence-electron chi connectivity index (χ4n) is 5.25. The highest BCUT2D eigenvalue weighted by atomic mass is 15.0. The Morgan fingerprint density at radius 1 is 0.441 bits per heavy atom. The number of hydrogen-bond acceptors (Lipinski definition) is 0. The van der Waals surface area contributed by atoms with E-state index < -0.39 is 0 Å². The lowest BCUT2D eigenvalue weighted by molar-refractivity contribution is 1.20. The highest BCUT2D eigenvalue weighted by Gasteiger charge is 2.15. The topological polar surface area (TPSA) is 4.93 Å². The van der Waals surface area contributed by atoms with Crippen molar-refractivity contribution in [3.63, 3.8) is 0 Å². The van der Waals surface area contributed by atoms with E-state index in [4.69, 9.17) is 7.85 Å².